The number of anilines is 1. The molecule has 1 saturated carbocycles. The third-order valence-corrected chi connectivity index (χ3v) is 6.96. The molecule has 3 atom stereocenters. The first-order valence-electron chi connectivity index (χ1n) is 11.1. The fourth-order valence-electron chi connectivity index (χ4n) is 4.67. The molecule has 2 aliphatic rings. The molecule has 0 radical (unpaired) electrons. The van der Waals surface area contributed by atoms with Crippen molar-refractivity contribution in [3.8, 4) is 11.3 Å². The number of carbonyl (C=O) groups is 1. The van der Waals surface area contributed by atoms with Gasteiger partial charge >= 0.3 is 0 Å². The van der Waals surface area contributed by atoms with Crippen molar-refractivity contribution in [2.45, 2.75) is 56.0 Å². The predicted molar refractivity (Wildman–Crippen MR) is 123 cm³/mol. The van der Waals surface area contributed by atoms with Crippen molar-refractivity contribution < 1.29 is 14.6 Å². The molecule has 1 saturated heterocycles. The predicted octanol–water partition coefficient (Wildman–Crippen LogP) is 2.62. The Bertz CT molecular complexity index is 1190. The van der Waals surface area contributed by atoms with Crippen LogP contribution in [0.2, 0.25) is 0 Å². The van der Waals surface area contributed by atoms with Crippen LogP contribution in [0.4, 0.5) is 5.82 Å². The molecule has 0 unspecified atom stereocenters. The van der Waals surface area contributed by atoms with E-state index in [1.165, 1.54) is 0 Å². The normalized spacial score (nSPS) is 25.7. The zero-order chi connectivity index (χ0) is 23.2. The second-order valence-electron chi connectivity index (χ2n) is 9.12. The van der Waals surface area contributed by atoms with E-state index in [-0.39, 0.29) is 29.8 Å². The Kier molecular flexibility index (Phi) is 5.23. The van der Waals surface area contributed by atoms with E-state index in [0.717, 1.165) is 29.5 Å². The van der Waals surface area contributed by atoms with Crippen molar-refractivity contribution in [3.63, 3.8) is 0 Å². The molecule has 1 aromatic carbocycles. The standard InChI is InChI=1S/C25H27N5O3/c1-24(32)21(26)12-20(33-25(24)8-9-25)17-7-10-28-13-16(17)11-19(31)22-23(27)29-14-18(30-22)15-5-3-2-4-6-15/h2-7,10,13-14,20-21,32H,8-9,11-12,26H2,1H3,(H2,27,29)/t20-,21-,24+/m1/s1. The fourth-order valence-corrected chi connectivity index (χ4v) is 4.67. The smallest absolute Gasteiger partial charge is 0.189 e. The zero-order valence-corrected chi connectivity index (χ0v) is 18.4. The van der Waals surface area contributed by atoms with Gasteiger partial charge in [0.05, 0.1) is 23.6 Å². The van der Waals surface area contributed by atoms with Crippen LogP contribution in [0.5, 0.6) is 0 Å². The number of carbonyl (C=O) groups excluding carboxylic acids is 1. The minimum absolute atomic E-state index is 0.0544. The van der Waals surface area contributed by atoms with Gasteiger partial charge in [-0.1, -0.05) is 30.3 Å². The highest BCUT2D eigenvalue weighted by Crippen LogP contribution is 2.56. The first-order valence-corrected chi connectivity index (χ1v) is 11.1. The quantitative estimate of drug-likeness (QED) is 0.510. The van der Waals surface area contributed by atoms with Crippen molar-refractivity contribution in [1.82, 2.24) is 15.0 Å². The second kappa shape index (κ2) is 7.98. The van der Waals surface area contributed by atoms with E-state index in [0.29, 0.717) is 12.1 Å². The van der Waals surface area contributed by atoms with E-state index in [9.17, 15) is 9.90 Å². The molecular weight excluding hydrogens is 418 g/mol. The summed E-state index contributed by atoms with van der Waals surface area (Å²) in [7, 11) is 0. The van der Waals surface area contributed by atoms with Crippen LogP contribution in [-0.4, -0.2) is 43.1 Å². The molecule has 3 heterocycles. The molecule has 1 spiro atoms. The van der Waals surface area contributed by atoms with Gasteiger partial charge in [-0.15, -0.1) is 0 Å². The Morgan fingerprint density at radius 1 is 1.21 bits per heavy atom. The van der Waals surface area contributed by atoms with E-state index >= 15 is 0 Å². The van der Waals surface area contributed by atoms with Crippen molar-refractivity contribution in [2.24, 2.45) is 5.73 Å². The van der Waals surface area contributed by atoms with E-state index < -0.39 is 17.2 Å². The molecule has 33 heavy (non-hydrogen) atoms. The number of nitrogen functional groups attached to an aromatic ring is 1. The van der Waals surface area contributed by atoms with Crippen LogP contribution >= 0.6 is 0 Å². The number of benzene rings is 1. The molecule has 5 N–H and O–H groups in total. The zero-order valence-electron chi connectivity index (χ0n) is 18.4. The molecule has 0 amide bonds. The summed E-state index contributed by atoms with van der Waals surface area (Å²) in [5, 5.41) is 10.9. The summed E-state index contributed by atoms with van der Waals surface area (Å²) in [5.74, 6) is -0.158. The largest absolute Gasteiger partial charge is 0.386 e. The molecular formula is C25H27N5O3. The lowest BCUT2D eigenvalue weighted by Crippen LogP contribution is -2.60. The highest BCUT2D eigenvalue weighted by Gasteiger charge is 2.64. The molecule has 3 aromatic rings. The minimum Gasteiger partial charge on any atom is -0.386 e. The van der Waals surface area contributed by atoms with E-state index in [1.54, 1.807) is 25.5 Å². The monoisotopic (exact) mass is 445 g/mol. The molecule has 8 heteroatoms. The Morgan fingerprint density at radius 2 is 1.97 bits per heavy atom. The number of aliphatic hydroxyl groups is 1. The third kappa shape index (κ3) is 3.80. The van der Waals surface area contributed by atoms with Gasteiger partial charge < -0.3 is 21.3 Å². The summed E-state index contributed by atoms with van der Waals surface area (Å²) in [6.07, 6.45) is 6.62. The maximum atomic E-state index is 13.2. The molecule has 1 aliphatic carbocycles. The van der Waals surface area contributed by atoms with E-state index in [2.05, 4.69) is 15.0 Å². The van der Waals surface area contributed by atoms with Gasteiger partial charge in [-0.05, 0) is 43.4 Å². The van der Waals surface area contributed by atoms with Crippen LogP contribution in [0.15, 0.2) is 55.0 Å². The highest BCUT2D eigenvalue weighted by atomic mass is 16.5. The number of nitrogens with zero attached hydrogens (tertiary/aromatic N) is 3. The van der Waals surface area contributed by atoms with Gasteiger partial charge in [0.2, 0.25) is 0 Å². The highest BCUT2D eigenvalue weighted by molar-refractivity contribution is 5.99. The average Bonchev–Trinajstić information content (AvgIpc) is 3.60. The molecule has 8 nitrogen and oxygen atoms in total. The maximum absolute atomic E-state index is 13.2. The Labute approximate surface area is 192 Å². The van der Waals surface area contributed by atoms with Crippen molar-refractivity contribution >= 4 is 11.6 Å². The SMILES string of the molecule is C[C@]1(O)[C@H](N)C[C@H](c2ccncc2CC(=O)c2nc(-c3ccccc3)cnc2N)OC12CC2. The molecule has 5 rings (SSSR count). The number of hydrogen-bond donors (Lipinski definition) is 3. The van der Waals surface area contributed by atoms with Gasteiger partial charge in [0, 0.05) is 30.4 Å². The number of pyridine rings is 1. The summed E-state index contributed by atoms with van der Waals surface area (Å²) >= 11 is 0. The van der Waals surface area contributed by atoms with Crippen LogP contribution in [0.1, 0.15) is 53.9 Å². The van der Waals surface area contributed by atoms with Crippen molar-refractivity contribution in [1.29, 1.82) is 0 Å². The number of ketones is 1. The summed E-state index contributed by atoms with van der Waals surface area (Å²) < 4.78 is 6.36. The van der Waals surface area contributed by atoms with Gasteiger partial charge in [0.25, 0.3) is 0 Å². The molecule has 170 valence electrons. The second-order valence-corrected chi connectivity index (χ2v) is 9.12. The Balaban J connectivity index is 1.42. The van der Waals surface area contributed by atoms with E-state index in [4.69, 9.17) is 16.2 Å². The van der Waals surface area contributed by atoms with Gasteiger partial charge in [-0.2, -0.15) is 0 Å². The minimum atomic E-state index is -1.07. The average molecular weight is 446 g/mol. The number of ether oxygens (including phenoxy) is 1. The van der Waals surface area contributed by atoms with Gasteiger partial charge in [-0.3, -0.25) is 9.78 Å². The van der Waals surface area contributed by atoms with Gasteiger partial charge in [-0.25, -0.2) is 9.97 Å². The van der Waals surface area contributed by atoms with Crippen LogP contribution in [0.3, 0.4) is 0 Å². The molecule has 1 aliphatic heterocycles. The first kappa shape index (κ1) is 21.6. The fraction of sp³-hybridized carbons (Fsp3) is 0.360. The molecule has 2 fully saturated rings. The lowest BCUT2D eigenvalue weighted by atomic mass is 9.80. The van der Waals surface area contributed by atoms with Gasteiger partial charge in [0.1, 0.15) is 11.3 Å². The summed E-state index contributed by atoms with van der Waals surface area (Å²) in [6.45, 7) is 1.75. The maximum Gasteiger partial charge on any atom is 0.189 e. The Hall–Kier alpha value is -3.20. The lowest BCUT2D eigenvalue weighted by molar-refractivity contribution is -0.196. The number of Topliss-reactive ketones (excluding diaryl/α,β-unsaturated/α-hetero) is 1. The number of rotatable bonds is 5. The molecule has 2 aromatic heterocycles. The summed E-state index contributed by atoms with van der Waals surface area (Å²) in [5.41, 5.74) is 13.8. The summed E-state index contributed by atoms with van der Waals surface area (Å²) in [6, 6.07) is 10.9. The number of nitrogens with two attached hydrogens (primary N) is 2. The lowest BCUT2D eigenvalue weighted by Gasteiger charge is -2.46. The number of hydrogen-bond acceptors (Lipinski definition) is 8. The topological polar surface area (TPSA) is 137 Å². The first-order chi connectivity index (χ1) is 15.8. The van der Waals surface area contributed by atoms with Crippen LogP contribution in [0.25, 0.3) is 11.3 Å². The molecule has 0 bridgehead atoms. The van der Waals surface area contributed by atoms with Crippen molar-refractivity contribution in [3.05, 3.63) is 71.8 Å². The third-order valence-electron chi connectivity index (χ3n) is 6.96. The van der Waals surface area contributed by atoms with E-state index in [1.807, 2.05) is 36.4 Å². The summed E-state index contributed by atoms with van der Waals surface area (Å²) in [4.78, 5) is 26.2. The van der Waals surface area contributed by atoms with Crippen LogP contribution in [0, 0.1) is 0 Å². The Morgan fingerprint density at radius 3 is 2.70 bits per heavy atom. The van der Waals surface area contributed by atoms with Crippen LogP contribution in [-0.2, 0) is 11.2 Å². The van der Waals surface area contributed by atoms with Gasteiger partial charge in [0.15, 0.2) is 11.6 Å². The number of aromatic nitrogens is 3. The van der Waals surface area contributed by atoms with Crippen LogP contribution < -0.4 is 11.5 Å². The van der Waals surface area contributed by atoms with Crippen molar-refractivity contribution in [2.75, 3.05) is 5.73 Å².